The largest absolute Gasteiger partial charge is 0.486 e. The zero-order chi connectivity index (χ0) is 16.2. The number of fused-ring (bicyclic) bond motifs is 1. The summed E-state index contributed by atoms with van der Waals surface area (Å²) in [5, 5.41) is 0. The topological polar surface area (TPSA) is 53.1 Å². The molecule has 4 nitrogen and oxygen atoms in total. The van der Waals surface area contributed by atoms with E-state index in [4.69, 9.17) is 15.5 Å². The molecule has 1 atom stereocenters. The van der Waals surface area contributed by atoms with Gasteiger partial charge in [-0.25, -0.2) is 4.98 Å². The van der Waals surface area contributed by atoms with Gasteiger partial charge in [0.05, 0.1) is 11.0 Å². The minimum absolute atomic E-state index is 0.184. The van der Waals surface area contributed by atoms with E-state index < -0.39 is 0 Å². The quantitative estimate of drug-likeness (QED) is 0.755. The van der Waals surface area contributed by atoms with E-state index in [0.717, 1.165) is 29.0 Å². The fourth-order valence-corrected chi connectivity index (χ4v) is 2.76. The van der Waals surface area contributed by atoms with Crippen molar-refractivity contribution in [2.24, 2.45) is 5.73 Å². The highest BCUT2D eigenvalue weighted by Gasteiger charge is 2.15. The van der Waals surface area contributed by atoms with Gasteiger partial charge in [-0.2, -0.15) is 0 Å². The number of hydrogen-bond acceptors (Lipinski definition) is 3. The first-order chi connectivity index (χ1) is 11.2. The predicted octanol–water partition coefficient (Wildman–Crippen LogP) is 3.70. The molecule has 1 aromatic heterocycles. The van der Waals surface area contributed by atoms with Crippen LogP contribution in [-0.2, 0) is 13.0 Å². The molecule has 1 unspecified atom stereocenters. The molecular formula is C19H23N3O. The number of hydrogen-bond donors (Lipinski definition) is 1. The minimum atomic E-state index is 0.184. The van der Waals surface area contributed by atoms with E-state index in [-0.39, 0.29) is 6.04 Å². The van der Waals surface area contributed by atoms with E-state index in [2.05, 4.69) is 36.6 Å². The number of benzene rings is 2. The molecular weight excluding hydrogens is 286 g/mol. The molecule has 0 amide bonds. The third-order valence-electron chi connectivity index (χ3n) is 4.15. The maximum absolute atomic E-state index is 5.93. The van der Waals surface area contributed by atoms with Crippen LogP contribution in [0.15, 0.2) is 48.5 Å². The van der Waals surface area contributed by atoms with Gasteiger partial charge in [0, 0.05) is 12.6 Å². The summed E-state index contributed by atoms with van der Waals surface area (Å²) in [5.74, 6) is 1.77. The zero-order valence-electron chi connectivity index (χ0n) is 13.7. The van der Waals surface area contributed by atoms with Crippen molar-refractivity contribution in [2.75, 3.05) is 6.54 Å². The summed E-state index contributed by atoms with van der Waals surface area (Å²) in [4.78, 5) is 4.71. The Kier molecular flexibility index (Phi) is 4.63. The molecule has 0 spiro atoms. The number of ether oxygens (including phenoxy) is 1. The predicted molar refractivity (Wildman–Crippen MR) is 93.7 cm³/mol. The van der Waals surface area contributed by atoms with Crippen LogP contribution in [-0.4, -0.2) is 16.1 Å². The fraction of sp³-hybridized carbons (Fsp3) is 0.316. The number of rotatable bonds is 6. The first-order valence-corrected chi connectivity index (χ1v) is 8.10. The van der Waals surface area contributed by atoms with Gasteiger partial charge in [-0.15, -0.1) is 0 Å². The number of aromatic nitrogens is 2. The normalized spacial score (nSPS) is 12.5. The molecule has 0 saturated carbocycles. The Balaban J connectivity index is 1.86. The number of nitrogens with zero attached hydrogens (tertiary/aromatic N) is 2. The molecule has 23 heavy (non-hydrogen) atoms. The second-order valence-corrected chi connectivity index (χ2v) is 5.76. The summed E-state index contributed by atoms with van der Waals surface area (Å²) in [7, 11) is 0. The van der Waals surface area contributed by atoms with Crippen LogP contribution in [0, 0.1) is 0 Å². The molecule has 0 radical (unpaired) electrons. The van der Waals surface area contributed by atoms with Crippen molar-refractivity contribution in [2.45, 2.75) is 32.9 Å². The summed E-state index contributed by atoms with van der Waals surface area (Å²) in [6.45, 7) is 5.25. The molecule has 0 aliphatic heterocycles. The highest BCUT2D eigenvalue weighted by molar-refractivity contribution is 5.76. The zero-order valence-corrected chi connectivity index (χ0v) is 13.7. The Bertz CT molecular complexity index is 777. The lowest BCUT2D eigenvalue weighted by molar-refractivity contribution is 0.286. The Labute approximate surface area is 136 Å². The SMILES string of the molecule is CCc1ccc(OCc2nc3ccccc3n2C(C)CN)cc1. The lowest BCUT2D eigenvalue weighted by atomic mass is 10.2. The van der Waals surface area contributed by atoms with Gasteiger partial charge in [-0.3, -0.25) is 0 Å². The Morgan fingerprint density at radius 2 is 1.87 bits per heavy atom. The van der Waals surface area contributed by atoms with Gasteiger partial charge in [-0.05, 0) is 43.2 Å². The Morgan fingerprint density at radius 3 is 2.57 bits per heavy atom. The summed E-state index contributed by atoms with van der Waals surface area (Å²) in [6.07, 6.45) is 1.03. The van der Waals surface area contributed by atoms with Gasteiger partial charge in [0.2, 0.25) is 0 Å². The molecule has 3 aromatic rings. The van der Waals surface area contributed by atoms with Gasteiger partial charge < -0.3 is 15.0 Å². The van der Waals surface area contributed by atoms with Crippen molar-refractivity contribution < 1.29 is 4.74 Å². The molecule has 2 N–H and O–H groups in total. The van der Waals surface area contributed by atoms with Crippen LogP contribution in [0.2, 0.25) is 0 Å². The number of imidazole rings is 1. The lowest BCUT2D eigenvalue weighted by Gasteiger charge is -2.16. The van der Waals surface area contributed by atoms with Crippen molar-refractivity contribution in [1.82, 2.24) is 9.55 Å². The Morgan fingerprint density at radius 1 is 1.13 bits per heavy atom. The first kappa shape index (κ1) is 15.6. The molecule has 1 heterocycles. The standard InChI is InChI=1S/C19H23N3O/c1-3-15-8-10-16(11-9-15)23-13-19-21-17-6-4-5-7-18(17)22(19)14(2)12-20/h4-11,14H,3,12-13,20H2,1-2H3. The van der Waals surface area contributed by atoms with Crippen molar-refractivity contribution in [1.29, 1.82) is 0 Å². The van der Waals surface area contributed by atoms with Crippen LogP contribution < -0.4 is 10.5 Å². The van der Waals surface area contributed by atoms with Crippen LogP contribution in [0.25, 0.3) is 11.0 Å². The van der Waals surface area contributed by atoms with E-state index in [1.807, 2.05) is 30.3 Å². The average Bonchev–Trinajstić information content (AvgIpc) is 2.98. The van der Waals surface area contributed by atoms with E-state index in [9.17, 15) is 0 Å². The molecule has 0 fully saturated rings. The van der Waals surface area contributed by atoms with Crippen LogP contribution in [0.5, 0.6) is 5.75 Å². The maximum atomic E-state index is 5.93. The molecule has 3 rings (SSSR count). The van der Waals surface area contributed by atoms with Crippen LogP contribution in [0.1, 0.15) is 31.3 Å². The van der Waals surface area contributed by atoms with Gasteiger partial charge in [0.15, 0.2) is 0 Å². The molecule has 2 aromatic carbocycles. The third-order valence-corrected chi connectivity index (χ3v) is 4.15. The second kappa shape index (κ2) is 6.84. The van der Waals surface area contributed by atoms with Gasteiger partial charge >= 0.3 is 0 Å². The molecule has 0 bridgehead atoms. The summed E-state index contributed by atoms with van der Waals surface area (Å²) >= 11 is 0. The van der Waals surface area contributed by atoms with E-state index in [1.54, 1.807) is 0 Å². The molecule has 120 valence electrons. The summed E-state index contributed by atoms with van der Waals surface area (Å²) in [5.41, 5.74) is 9.26. The minimum Gasteiger partial charge on any atom is -0.486 e. The van der Waals surface area contributed by atoms with Crippen LogP contribution >= 0.6 is 0 Å². The van der Waals surface area contributed by atoms with Crippen molar-refractivity contribution in [3.8, 4) is 5.75 Å². The van der Waals surface area contributed by atoms with Crippen molar-refractivity contribution in [3.63, 3.8) is 0 Å². The molecule has 4 heteroatoms. The fourth-order valence-electron chi connectivity index (χ4n) is 2.76. The maximum Gasteiger partial charge on any atom is 0.148 e. The van der Waals surface area contributed by atoms with Gasteiger partial charge in [0.1, 0.15) is 18.2 Å². The number of para-hydroxylation sites is 2. The van der Waals surface area contributed by atoms with E-state index >= 15 is 0 Å². The Hall–Kier alpha value is -2.33. The number of aryl methyl sites for hydroxylation is 1. The first-order valence-electron chi connectivity index (χ1n) is 8.10. The average molecular weight is 309 g/mol. The molecule has 0 saturated heterocycles. The lowest BCUT2D eigenvalue weighted by Crippen LogP contribution is -2.19. The van der Waals surface area contributed by atoms with E-state index in [1.165, 1.54) is 5.56 Å². The van der Waals surface area contributed by atoms with Crippen LogP contribution in [0.4, 0.5) is 0 Å². The van der Waals surface area contributed by atoms with E-state index in [0.29, 0.717) is 13.2 Å². The highest BCUT2D eigenvalue weighted by atomic mass is 16.5. The van der Waals surface area contributed by atoms with Crippen LogP contribution in [0.3, 0.4) is 0 Å². The monoisotopic (exact) mass is 309 g/mol. The smallest absolute Gasteiger partial charge is 0.148 e. The third kappa shape index (κ3) is 3.22. The highest BCUT2D eigenvalue weighted by Crippen LogP contribution is 2.22. The van der Waals surface area contributed by atoms with Gasteiger partial charge in [0.25, 0.3) is 0 Å². The second-order valence-electron chi connectivity index (χ2n) is 5.76. The molecule has 0 aliphatic carbocycles. The number of nitrogens with two attached hydrogens (primary N) is 1. The summed E-state index contributed by atoms with van der Waals surface area (Å²) < 4.78 is 8.11. The van der Waals surface area contributed by atoms with Crippen molar-refractivity contribution in [3.05, 3.63) is 59.9 Å². The molecule has 0 aliphatic rings. The van der Waals surface area contributed by atoms with Crippen molar-refractivity contribution >= 4 is 11.0 Å². The summed E-state index contributed by atoms with van der Waals surface area (Å²) in [6, 6.07) is 16.5. The van der Waals surface area contributed by atoms with Gasteiger partial charge in [-0.1, -0.05) is 31.2 Å².